The van der Waals surface area contributed by atoms with E-state index in [-0.39, 0.29) is 0 Å². The van der Waals surface area contributed by atoms with Crippen molar-refractivity contribution in [2.45, 2.75) is 0 Å². The second-order valence-corrected chi connectivity index (χ2v) is 3.21. The molecule has 0 atom stereocenters. The van der Waals surface area contributed by atoms with Crippen LogP contribution in [-0.2, 0) is 0 Å². The Morgan fingerprint density at radius 1 is 1.54 bits per heavy atom. The van der Waals surface area contributed by atoms with Gasteiger partial charge in [0.2, 0.25) is 0 Å². The van der Waals surface area contributed by atoms with Crippen molar-refractivity contribution in [2.75, 3.05) is 5.73 Å². The number of thiol groups is 1. The van der Waals surface area contributed by atoms with Crippen molar-refractivity contribution in [1.82, 2.24) is 0 Å². The average Bonchev–Trinajstić information content (AvgIpc) is 2.15. The average molecular weight is 211 g/mol. The van der Waals surface area contributed by atoms with Crippen LogP contribution in [-0.4, -0.2) is 12.4 Å². The van der Waals surface area contributed by atoms with Gasteiger partial charge in [0.15, 0.2) is 0 Å². The molecule has 0 bridgehead atoms. The summed E-state index contributed by atoms with van der Waals surface area (Å²) in [6, 6.07) is 5.41. The van der Waals surface area contributed by atoms with Crippen LogP contribution < -0.4 is 5.73 Å². The lowest BCUT2D eigenvalue weighted by Gasteiger charge is -1.99. The number of nitrogens with two attached hydrogens (primary N) is 1. The maximum atomic E-state index is 7.04. The summed E-state index contributed by atoms with van der Waals surface area (Å²) in [5.41, 5.74) is 7.88. The van der Waals surface area contributed by atoms with Gasteiger partial charge >= 0.3 is 0 Å². The van der Waals surface area contributed by atoms with Gasteiger partial charge in [-0.15, -0.1) is 0 Å². The Hall–Kier alpha value is -0.940. The molecule has 3 N–H and O–H groups in total. The van der Waals surface area contributed by atoms with Crippen molar-refractivity contribution in [1.29, 1.82) is 5.41 Å². The van der Waals surface area contributed by atoms with Gasteiger partial charge in [0.25, 0.3) is 0 Å². The van der Waals surface area contributed by atoms with Crippen molar-refractivity contribution in [3.05, 3.63) is 29.3 Å². The SMILES string of the molecule is N=Cc1ccc(/C=N/SS)cc1N. The molecule has 0 aliphatic carbocycles. The first-order valence-corrected chi connectivity index (χ1v) is 5.34. The highest BCUT2D eigenvalue weighted by molar-refractivity contribution is 8.68. The molecule has 5 heteroatoms. The molecular formula is C8H9N3S2. The molecule has 1 aromatic rings. The van der Waals surface area contributed by atoms with Gasteiger partial charge in [-0.25, -0.2) is 4.40 Å². The molecule has 3 nitrogen and oxygen atoms in total. The van der Waals surface area contributed by atoms with E-state index < -0.39 is 0 Å². The summed E-state index contributed by atoms with van der Waals surface area (Å²) < 4.78 is 3.88. The number of anilines is 1. The molecule has 0 saturated carbocycles. The Bertz CT molecular complexity index is 336. The van der Waals surface area contributed by atoms with Crippen LogP contribution in [0.2, 0.25) is 0 Å². The number of nitrogen functional groups attached to an aromatic ring is 1. The highest BCUT2D eigenvalue weighted by atomic mass is 33.1. The number of hydrogen-bond donors (Lipinski definition) is 3. The molecule has 0 fully saturated rings. The number of nitrogens with one attached hydrogen (secondary N) is 1. The fraction of sp³-hybridized carbons (Fsp3) is 0. The van der Waals surface area contributed by atoms with Crippen molar-refractivity contribution in [3.8, 4) is 0 Å². The molecule has 68 valence electrons. The van der Waals surface area contributed by atoms with Crippen LogP contribution in [0.5, 0.6) is 0 Å². The zero-order valence-corrected chi connectivity index (χ0v) is 8.48. The first-order valence-electron chi connectivity index (χ1n) is 3.52. The molecule has 0 aliphatic heterocycles. The summed E-state index contributed by atoms with van der Waals surface area (Å²) in [7, 11) is 1.09. The smallest absolute Gasteiger partial charge is 0.0434 e. The summed E-state index contributed by atoms with van der Waals surface area (Å²) in [5, 5.41) is 7.04. The van der Waals surface area contributed by atoms with Crippen LogP contribution in [0.25, 0.3) is 0 Å². The Labute approximate surface area is 85.9 Å². The maximum Gasteiger partial charge on any atom is 0.0434 e. The van der Waals surface area contributed by atoms with E-state index in [9.17, 15) is 0 Å². The Kier molecular flexibility index (Phi) is 3.85. The molecular weight excluding hydrogens is 202 g/mol. The third-order valence-electron chi connectivity index (χ3n) is 1.52. The van der Waals surface area contributed by atoms with Crippen LogP contribution in [0, 0.1) is 5.41 Å². The fourth-order valence-electron chi connectivity index (χ4n) is 0.889. The van der Waals surface area contributed by atoms with Gasteiger partial charge in [0.1, 0.15) is 0 Å². The largest absolute Gasteiger partial charge is 0.398 e. The van der Waals surface area contributed by atoms with E-state index in [0.29, 0.717) is 5.69 Å². The van der Waals surface area contributed by atoms with Crippen LogP contribution in [0.15, 0.2) is 22.6 Å². The topological polar surface area (TPSA) is 62.2 Å². The minimum atomic E-state index is 0.586. The molecule has 1 aromatic carbocycles. The van der Waals surface area contributed by atoms with E-state index in [1.54, 1.807) is 18.3 Å². The van der Waals surface area contributed by atoms with Crippen LogP contribution in [0.4, 0.5) is 5.69 Å². The minimum absolute atomic E-state index is 0.586. The highest BCUT2D eigenvalue weighted by Gasteiger charge is 1.95. The summed E-state index contributed by atoms with van der Waals surface area (Å²) in [6.45, 7) is 0. The van der Waals surface area contributed by atoms with E-state index in [0.717, 1.165) is 22.1 Å². The molecule has 0 unspecified atom stereocenters. The lowest BCUT2D eigenvalue weighted by Crippen LogP contribution is -1.94. The van der Waals surface area contributed by atoms with Gasteiger partial charge in [0.05, 0.1) is 0 Å². The van der Waals surface area contributed by atoms with Crippen LogP contribution in [0.3, 0.4) is 0 Å². The normalized spacial score (nSPS) is 10.5. The molecule has 0 spiro atoms. The lowest BCUT2D eigenvalue weighted by atomic mass is 10.1. The van der Waals surface area contributed by atoms with E-state index in [1.165, 1.54) is 6.21 Å². The van der Waals surface area contributed by atoms with E-state index >= 15 is 0 Å². The molecule has 0 amide bonds. The summed E-state index contributed by atoms with van der Waals surface area (Å²) in [4.78, 5) is 0. The van der Waals surface area contributed by atoms with Crippen molar-refractivity contribution in [3.63, 3.8) is 0 Å². The molecule has 0 heterocycles. The number of benzene rings is 1. The fourth-order valence-corrected chi connectivity index (χ4v) is 1.20. The maximum absolute atomic E-state index is 7.04. The van der Waals surface area contributed by atoms with Gasteiger partial charge < -0.3 is 11.1 Å². The quantitative estimate of drug-likeness (QED) is 0.236. The van der Waals surface area contributed by atoms with Gasteiger partial charge in [-0.1, -0.05) is 23.8 Å². The highest BCUT2D eigenvalue weighted by Crippen LogP contribution is 2.12. The number of rotatable bonds is 3. The van der Waals surface area contributed by atoms with Gasteiger partial charge in [0, 0.05) is 34.7 Å². The van der Waals surface area contributed by atoms with Crippen molar-refractivity contribution >= 4 is 40.8 Å². The number of hydrogen-bond acceptors (Lipinski definition) is 5. The van der Waals surface area contributed by atoms with E-state index in [4.69, 9.17) is 11.1 Å². The second-order valence-electron chi connectivity index (χ2n) is 2.35. The third kappa shape index (κ3) is 2.78. The Morgan fingerprint density at radius 2 is 2.31 bits per heavy atom. The first-order chi connectivity index (χ1) is 6.27. The first kappa shape index (κ1) is 10.1. The van der Waals surface area contributed by atoms with Gasteiger partial charge in [-0.3, -0.25) is 0 Å². The molecule has 13 heavy (non-hydrogen) atoms. The minimum Gasteiger partial charge on any atom is -0.398 e. The predicted molar refractivity (Wildman–Crippen MR) is 62.9 cm³/mol. The summed E-state index contributed by atoms with van der Waals surface area (Å²) in [5.74, 6) is 0. The molecule has 0 aliphatic rings. The Balaban J connectivity index is 2.95. The molecule has 0 radical (unpaired) electrons. The van der Waals surface area contributed by atoms with Gasteiger partial charge in [-0.2, -0.15) is 0 Å². The van der Waals surface area contributed by atoms with Crippen molar-refractivity contribution in [2.24, 2.45) is 4.40 Å². The monoisotopic (exact) mass is 211 g/mol. The van der Waals surface area contributed by atoms with E-state index in [1.807, 2.05) is 6.07 Å². The van der Waals surface area contributed by atoms with E-state index in [2.05, 4.69) is 16.1 Å². The van der Waals surface area contributed by atoms with Crippen LogP contribution in [0.1, 0.15) is 11.1 Å². The standard InChI is InChI=1S/C8H9N3S2/c9-4-7-2-1-6(3-8(7)10)5-11-13-12/h1-5,9,12H,10H2/b9-4?,11-5+. The second kappa shape index (κ2) is 4.94. The zero-order chi connectivity index (χ0) is 9.68. The van der Waals surface area contributed by atoms with Crippen LogP contribution >= 0.6 is 22.6 Å². The van der Waals surface area contributed by atoms with Gasteiger partial charge in [-0.05, 0) is 11.6 Å². The summed E-state index contributed by atoms with van der Waals surface area (Å²) in [6.07, 6.45) is 2.89. The predicted octanol–water partition coefficient (Wildman–Crippen LogP) is 2.18. The molecule has 0 saturated heterocycles. The molecule has 0 aromatic heterocycles. The van der Waals surface area contributed by atoms with Crippen molar-refractivity contribution < 1.29 is 0 Å². The summed E-state index contributed by atoms with van der Waals surface area (Å²) >= 11 is 3.87. The third-order valence-corrected chi connectivity index (χ3v) is 2.00. The molecule has 1 rings (SSSR count). The zero-order valence-electron chi connectivity index (χ0n) is 6.77. The lowest BCUT2D eigenvalue weighted by molar-refractivity contribution is 1.53. The Morgan fingerprint density at radius 3 is 2.85 bits per heavy atom. The number of nitrogens with zero attached hydrogens (tertiary/aromatic N) is 1.